The molecule has 0 spiro atoms. The molecule has 2 aromatic carbocycles. The molecule has 0 saturated carbocycles. The lowest BCUT2D eigenvalue weighted by Crippen LogP contribution is -2.28. The molecule has 1 atom stereocenters. The van der Waals surface area contributed by atoms with Crippen LogP contribution in [-0.2, 0) is 27.7 Å². The molecule has 1 N–H and O–H groups in total. The van der Waals surface area contributed by atoms with Gasteiger partial charge >= 0.3 is 0 Å². The van der Waals surface area contributed by atoms with Gasteiger partial charge in [-0.15, -0.1) is 0 Å². The Morgan fingerprint density at radius 2 is 1.85 bits per heavy atom. The number of carbonyl (C=O) groups excluding carboxylic acids is 1. The molecule has 144 valence electrons. The maximum atomic E-state index is 12.8. The van der Waals surface area contributed by atoms with E-state index in [0.717, 1.165) is 23.2 Å². The summed E-state index contributed by atoms with van der Waals surface area (Å²) in [6.07, 6.45) is 2.07. The highest BCUT2D eigenvalue weighted by Gasteiger charge is 2.26. The number of rotatable bonds is 6. The molecular weight excluding hydrogens is 360 g/mol. The zero-order valence-electron chi connectivity index (χ0n) is 16.0. The van der Waals surface area contributed by atoms with Crippen molar-refractivity contribution in [3.63, 3.8) is 0 Å². The van der Waals surface area contributed by atoms with Gasteiger partial charge in [0.1, 0.15) is 0 Å². The SMILES string of the molecule is CCC(=O)N1CCc2cc(S(=O)(=O)N[C@H](C)c3ccc(CC)cc3)ccc21. The smallest absolute Gasteiger partial charge is 0.241 e. The van der Waals surface area contributed by atoms with Crippen LogP contribution in [0.25, 0.3) is 0 Å². The van der Waals surface area contributed by atoms with Crippen LogP contribution in [0.4, 0.5) is 5.69 Å². The van der Waals surface area contributed by atoms with Crippen molar-refractivity contribution in [1.82, 2.24) is 4.72 Å². The number of sulfonamides is 1. The fourth-order valence-electron chi connectivity index (χ4n) is 3.41. The van der Waals surface area contributed by atoms with Gasteiger partial charge in [0.05, 0.1) is 4.90 Å². The molecule has 1 heterocycles. The third-order valence-electron chi connectivity index (χ3n) is 5.08. The van der Waals surface area contributed by atoms with Crippen LogP contribution >= 0.6 is 0 Å². The molecule has 0 bridgehead atoms. The minimum absolute atomic E-state index is 0.0617. The highest BCUT2D eigenvalue weighted by atomic mass is 32.2. The van der Waals surface area contributed by atoms with E-state index in [9.17, 15) is 13.2 Å². The van der Waals surface area contributed by atoms with Crippen molar-refractivity contribution >= 4 is 21.6 Å². The number of hydrogen-bond acceptors (Lipinski definition) is 3. The Morgan fingerprint density at radius 3 is 2.48 bits per heavy atom. The molecule has 1 aliphatic rings. The van der Waals surface area contributed by atoms with Crippen LogP contribution < -0.4 is 9.62 Å². The summed E-state index contributed by atoms with van der Waals surface area (Å²) in [5, 5.41) is 0. The summed E-state index contributed by atoms with van der Waals surface area (Å²) >= 11 is 0. The number of benzene rings is 2. The van der Waals surface area contributed by atoms with Gasteiger partial charge in [-0.25, -0.2) is 13.1 Å². The maximum absolute atomic E-state index is 12.8. The van der Waals surface area contributed by atoms with Gasteiger partial charge in [0, 0.05) is 24.7 Å². The van der Waals surface area contributed by atoms with Crippen LogP contribution in [0.5, 0.6) is 0 Å². The van der Waals surface area contributed by atoms with Crippen LogP contribution in [0.1, 0.15) is 49.9 Å². The van der Waals surface area contributed by atoms with Crippen LogP contribution in [0.3, 0.4) is 0 Å². The molecule has 0 aromatic heterocycles. The highest BCUT2D eigenvalue weighted by Crippen LogP contribution is 2.31. The van der Waals surface area contributed by atoms with E-state index in [2.05, 4.69) is 11.6 Å². The first-order valence-electron chi connectivity index (χ1n) is 9.40. The van der Waals surface area contributed by atoms with E-state index in [-0.39, 0.29) is 16.8 Å². The zero-order valence-corrected chi connectivity index (χ0v) is 16.8. The van der Waals surface area contributed by atoms with Gasteiger partial charge < -0.3 is 4.90 Å². The Bertz CT molecular complexity index is 936. The van der Waals surface area contributed by atoms with E-state index in [0.29, 0.717) is 19.4 Å². The molecule has 5 nitrogen and oxygen atoms in total. The van der Waals surface area contributed by atoms with Gasteiger partial charge in [0.25, 0.3) is 0 Å². The molecule has 0 saturated heterocycles. The lowest BCUT2D eigenvalue weighted by atomic mass is 10.1. The molecule has 1 aliphatic heterocycles. The summed E-state index contributed by atoms with van der Waals surface area (Å²) in [5.41, 5.74) is 3.87. The molecule has 27 heavy (non-hydrogen) atoms. The van der Waals surface area contributed by atoms with E-state index in [4.69, 9.17) is 0 Å². The van der Waals surface area contributed by atoms with Crippen molar-refractivity contribution in [3.8, 4) is 0 Å². The van der Waals surface area contributed by atoms with Gasteiger partial charge in [-0.1, -0.05) is 38.1 Å². The van der Waals surface area contributed by atoms with E-state index < -0.39 is 10.0 Å². The quantitative estimate of drug-likeness (QED) is 0.825. The summed E-state index contributed by atoms with van der Waals surface area (Å²) in [7, 11) is -3.64. The second-order valence-corrected chi connectivity index (χ2v) is 8.59. The number of amides is 1. The molecule has 0 fully saturated rings. The molecule has 2 aromatic rings. The number of aryl methyl sites for hydroxylation is 1. The second-order valence-electron chi connectivity index (χ2n) is 6.88. The van der Waals surface area contributed by atoms with Gasteiger partial charge in [-0.05, 0) is 54.7 Å². The zero-order chi connectivity index (χ0) is 19.6. The first kappa shape index (κ1) is 19.6. The van der Waals surface area contributed by atoms with Crippen molar-refractivity contribution < 1.29 is 13.2 Å². The van der Waals surface area contributed by atoms with E-state index in [1.54, 1.807) is 23.1 Å². The van der Waals surface area contributed by atoms with Gasteiger partial charge in [0.2, 0.25) is 15.9 Å². The van der Waals surface area contributed by atoms with Crippen LogP contribution in [0, 0.1) is 0 Å². The topological polar surface area (TPSA) is 66.5 Å². The van der Waals surface area contributed by atoms with E-state index in [1.165, 1.54) is 5.56 Å². The monoisotopic (exact) mass is 386 g/mol. The third-order valence-corrected chi connectivity index (χ3v) is 6.62. The number of anilines is 1. The van der Waals surface area contributed by atoms with Crippen molar-refractivity contribution in [2.45, 2.75) is 51.0 Å². The summed E-state index contributed by atoms with van der Waals surface area (Å²) in [5.74, 6) is 0.0617. The Kier molecular flexibility index (Phi) is 5.67. The second kappa shape index (κ2) is 7.82. The first-order valence-corrected chi connectivity index (χ1v) is 10.9. The lowest BCUT2D eigenvalue weighted by Gasteiger charge is -2.18. The van der Waals surface area contributed by atoms with Crippen LogP contribution in [0.15, 0.2) is 47.4 Å². The Balaban J connectivity index is 1.80. The average molecular weight is 387 g/mol. The lowest BCUT2D eigenvalue weighted by molar-refractivity contribution is -0.118. The van der Waals surface area contributed by atoms with Crippen molar-refractivity contribution in [2.75, 3.05) is 11.4 Å². The molecule has 0 radical (unpaired) electrons. The fourth-order valence-corrected chi connectivity index (χ4v) is 4.69. The third kappa shape index (κ3) is 4.06. The van der Waals surface area contributed by atoms with E-state index >= 15 is 0 Å². The van der Waals surface area contributed by atoms with Gasteiger partial charge in [-0.2, -0.15) is 0 Å². The molecule has 6 heteroatoms. The van der Waals surface area contributed by atoms with Crippen molar-refractivity contribution in [1.29, 1.82) is 0 Å². The summed E-state index contributed by atoms with van der Waals surface area (Å²) in [6, 6.07) is 12.6. The fraction of sp³-hybridized carbons (Fsp3) is 0.381. The normalized spacial score (nSPS) is 14.9. The van der Waals surface area contributed by atoms with Crippen LogP contribution in [-0.4, -0.2) is 20.9 Å². The van der Waals surface area contributed by atoms with E-state index in [1.807, 2.05) is 38.1 Å². The minimum Gasteiger partial charge on any atom is -0.312 e. The van der Waals surface area contributed by atoms with Gasteiger partial charge in [-0.3, -0.25) is 4.79 Å². The number of carbonyl (C=O) groups is 1. The molecular formula is C21H26N2O3S. The average Bonchev–Trinajstić information content (AvgIpc) is 3.10. The van der Waals surface area contributed by atoms with Gasteiger partial charge in [0.15, 0.2) is 0 Å². The summed E-state index contributed by atoms with van der Waals surface area (Å²) in [4.78, 5) is 14.0. The summed E-state index contributed by atoms with van der Waals surface area (Å²) < 4.78 is 28.4. The molecule has 1 amide bonds. The number of nitrogens with one attached hydrogen (secondary N) is 1. The first-order chi connectivity index (χ1) is 12.9. The summed E-state index contributed by atoms with van der Waals surface area (Å²) in [6.45, 7) is 6.37. The predicted octanol–water partition coefficient (Wildman–Crippen LogP) is 3.59. The van der Waals surface area contributed by atoms with Crippen molar-refractivity contribution in [2.24, 2.45) is 0 Å². The Hall–Kier alpha value is -2.18. The highest BCUT2D eigenvalue weighted by molar-refractivity contribution is 7.89. The Labute approximate surface area is 161 Å². The number of fused-ring (bicyclic) bond motifs is 1. The Morgan fingerprint density at radius 1 is 1.15 bits per heavy atom. The predicted molar refractivity (Wildman–Crippen MR) is 107 cm³/mol. The minimum atomic E-state index is -3.64. The maximum Gasteiger partial charge on any atom is 0.241 e. The largest absolute Gasteiger partial charge is 0.312 e. The molecule has 3 rings (SSSR count). The van der Waals surface area contributed by atoms with Crippen LogP contribution in [0.2, 0.25) is 0 Å². The standard InChI is InChI=1S/C21H26N2O3S/c1-4-16-6-8-17(9-7-16)15(3)22-27(25,26)19-10-11-20-18(14-19)12-13-23(20)21(24)5-2/h6-11,14-15,22H,4-5,12-13H2,1-3H3/t15-/m1/s1. The van der Waals surface area contributed by atoms with Crippen molar-refractivity contribution in [3.05, 3.63) is 59.2 Å². The molecule has 0 aliphatic carbocycles. The molecule has 0 unspecified atom stereocenters. The number of hydrogen-bond donors (Lipinski definition) is 1. The number of nitrogens with zero attached hydrogens (tertiary/aromatic N) is 1.